The maximum absolute atomic E-state index is 4.97. The zero-order valence-corrected chi connectivity index (χ0v) is 7.70. The lowest BCUT2D eigenvalue weighted by Gasteiger charge is -1.83. The van der Waals surface area contributed by atoms with Crippen LogP contribution >= 0.6 is 0 Å². The fraction of sp³-hybridized carbons (Fsp3) is 0. The van der Waals surface area contributed by atoms with Crippen LogP contribution in [0.3, 0.4) is 0 Å². The average molecular weight is 204 g/mol. The van der Waals surface area contributed by atoms with E-state index in [4.69, 9.17) is 4.42 Å². The molecule has 15 heavy (non-hydrogen) atoms. The van der Waals surface area contributed by atoms with E-state index in [1.807, 2.05) is 0 Å². The molecule has 0 aromatic carbocycles. The Morgan fingerprint density at radius 1 is 1.07 bits per heavy atom. The first-order valence-electron chi connectivity index (χ1n) is 4.20. The first kappa shape index (κ1) is 9.20. The Morgan fingerprint density at radius 3 is 2.53 bits per heavy atom. The summed E-state index contributed by atoms with van der Waals surface area (Å²) in [6.45, 7) is 0. The maximum atomic E-state index is 4.97. The number of H-pyrrole nitrogens is 1. The Bertz CT molecular complexity index is 395. The van der Waals surface area contributed by atoms with Crippen molar-refractivity contribution in [2.75, 3.05) is 0 Å². The Morgan fingerprint density at radius 2 is 2.07 bits per heavy atom. The van der Waals surface area contributed by atoms with Gasteiger partial charge in [-0.25, -0.2) is 9.97 Å². The quantitative estimate of drug-likeness (QED) is 0.652. The van der Waals surface area contributed by atoms with Crippen molar-refractivity contribution in [2.45, 2.75) is 0 Å². The fourth-order valence-electron chi connectivity index (χ4n) is 0.898. The molecule has 0 saturated carbocycles. The van der Waals surface area contributed by atoms with E-state index in [0.717, 1.165) is 0 Å². The van der Waals surface area contributed by atoms with Crippen LogP contribution < -0.4 is 0 Å². The molecular weight excluding hydrogens is 196 g/mol. The second-order valence-electron chi connectivity index (χ2n) is 2.46. The number of imidazole rings is 1. The summed E-state index contributed by atoms with van der Waals surface area (Å²) in [5, 5.41) is 3.35. The van der Waals surface area contributed by atoms with Gasteiger partial charge in [0.05, 0.1) is 12.4 Å². The van der Waals surface area contributed by atoms with Gasteiger partial charge < -0.3 is 13.9 Å². The Kier molecular flexibility index (Phi) is 2.91. The summed E-state index contributed by atoms with van der Waals surface area (Å²) in [6.07, 6.45) is 9.56. The van der Waals surface area contributed by atoms with Crippen molar-refractivity contribution in [3.05, 3.63) is 43.4 Å². The number of hydrogen-bond acceptors (Lipinski definition) is 5. The standard InChI is InChI=1S/C6H5N3O.C3H3NO/c1-2-8-5(7-1)6-9-3-4-10-6;1-2-4-5-3-1/h1-4H,(H,7,8);1-3H. The number of nitrogens with one attached hydrogen (secondary N) is 1. The SMILES string of the molecule is c1c[nH]c(-c2ncco2)n1.c1cnoc1. The van der Waals surface area contributed by atoms with Gasteiger partial charge >= 0.3 is 0 Å². The highest BCUT2D eigenvalue weighted by atomic mass is 16.5. The highest BCUT2D eigenvalue weighted by molar-refractivity contribution is 5.38. The molecule has 6 heteroatoms. The molecule has 3 rings (SSSR count). The van der Waals surface area contributed by atoms with Crippen molar-refractivity contribution in [1.82, 2.24) is 20.1 Å². The molecule has 1 N–H and O–H groups in total. The van der Waals surface area contributed by atoms with Gasteiger partial charge in [-0.1, -0.05) is 5.16 Å². The lowest BCUT2D eigenvalue weighted by molar-refractivity contribution is 0.420. The van der Waals surface area contributed by atoms with Crippen molar-refractivity contribution in [2.24, 2.45) is 0 Å². The topological polar surface area (TPSA) is 80.7 Å². The second-order valence-corrected chi connectivity index (χ2v) is 2.46. The van der Waals surface area contributed by atoms with E-state index in [0.29, 0.717) is 11.7 Å². The Hall–Kier alpha value is -2.37. The Balaban J connectivity index is 0.000000144. The molecule has 0 saturated heterocycles. The van der Waals surface area contributed by atoms with Gasteiger partial charge in [-0.3, -0.25) is 0 Å². The Labute approximate surface area is 85.0 Å². The van der Waals surface area contributed by atoms with Crippen LogP contribution in [0.4, 0.5) is 0 Å². The summed E-state index contributed by atoms with van der Waals surface area (Å²) in [6, 6.07) is 1.72. The number of rotatable bonds is 1. The lowest BCUT2D eigenvalue weighted by atomic mass is 10.6. The molecule has 0 aliphatic rings. The molecule has 0 amide bonds. The van der Waals surface area contributed by atoms with Gasteiger partial charge in [-0.05, 0) is 6.07 Å². The smallest absolute Gasteiger partial charge is 0.262 e. The lowest BCUT2D eigenvalue weighted by Crippen LogP contribution is -1.77. The fourth-order valence-corrected chi connectivity index (χ4v) is 0.898. The highest BCUT2D eigenvalue weighted by Crippen LogP contribution is 2.08. The van der Waals surface area contributed by atoms with Gasteiger partial charge in [0.2, 0.25) is 0 Å². The first-order chi connectivity index (χ1) is 7.47. The van der Waals surface area contributed by atoms with E-state index in [1.54, 1.807) is 30.9 Å². The van der Waals surface area contributed by atoms with Crippen LogP contribution in [0.2, 0.25) is 0 Å². The summed E-state index contributed by atoms with van der Waals surface area (Å²) in [4.78, 5) is 10.7. The van der Waals surface area contributed by atoms with Gasteiger partial charge in [0, 0.05) is 12.4 Å². The number of aromatic nitrogens is 4. The minimum absolute atomic E-state index is 0.519. The number of oxazole rings is 1. The largest absolute Gasteiger partial charge is 0.442 e. The third kappa shape index (κ3) is 2.53. The average Bonchev–Trinajstić information content (AvgIpc) is 3.06. The predicted molar refractivity (Wildman–Crippen MR) is 50.6 cm³/mol. The molecule has 3 aromatic heterocycles. The van der Waals surface area contributed by atoms with Crippen LogP contribution in [0.1, 0.15) is 0 Å². The monoisotopic (exact) mass is 204 g/mol. The molecule has 0 unspecified atom stereocenters. The van der Waals surface area contributed by atoms with E-state index in [-0.39, 0.29) is 0 Å². The predicted octanol–water partition coefficient (Wildman–Crippen LogP) is 1.74. The molecule has 3 heterocycles. The van der Waals surface area contributed by atoms with Crippen molar-refractivity contribution in [3.63, 3.8) is 0 Å². The van der Waals surface area contributed by atoms with Crippen molar-refractivity contribution < 1.29 is 8.94 Å². The highest BCUT2D eigenvalue weighted by Gasteiger charge is 2.01. The van der Waals surface area contributed by atoms with Crippen LogP contribution in [0.25, 0.3) is 11.7 Å². The minimum atomic E-state index is 0.519. The molecule has 0 fully saturated rings. The van der Waals surface area contributed by atoms with Gasteiger partial charge in [-0.15, -0.1) is 0 Å². The van der Waals surface area contributed by atoms with Gasteiger partial charge in [0.25, 0.3) is 5.89 Å². The van der Waals surface area contributed by atoms with Gasteiger partial charge in [-0.2, -0.15) is 0 Å². The molecule has 0 radical (unpaired) electrons. The second kappa shape index (κ2) is 4.75. The van der Waals surface area contributed by atoms with E-state index >= 15 is 0 Å². The number of aromatic amines is 1. The minimum Gasteiger partial charge on any atom is -0.442 e. The van der Waals surface area contributed by atoms with Crippen LogP contribution in [-0.2, 0) is 0 Å². The molecule has 76 valence electrons. The molecule has 0 spiro atoms. The molecule has 0 aliphatic heterocycles. The van der Waals surface area contributed by atoms with Crippen molar-refractivity contribution in [1.29, 1.82) is 0 Å². The van der Waals surface area contributed by atoms with E-state index in [9.17, 15) is 0 Å². The molecule has 0 aliphatic carbocycles. The molecule has 3 aromatic rings. The zero-order valence-electron chi connectivity index (χ0n) is 7.70. The van der Waals surface area contributed by atoms with Crippen molar-refractivity contribution >= 4 is 0 Å². The summed E-state index contributed by atoms with van der Waals surface area (Å²) < 4.78 is 9.31. The third-order valence-corrected chi connectivity index (χ3v) is 1.48. The van der Waals surface area contributed by atoms with Crippen LogP contribution in [0.15, 0.2) is 52.3 Å². The van der Waals surface area contributed by atoms with E-state index in [1.165, 1.54) is 12.5 Å². The molecule has 6 nitrogen and oxygen atoms in total. The van der Waals surface area contributed by atoms with Crippen LogP contribution in [-0.4, -0.2) is 20.1 Å². The maximum Gasteiger partial charge on any atom is 0.262 e. The summed E-state index contributed by atoms with van der Waals surface area (Å²) in [7, 11) is 0. The molecular formula is C9H8N4O2. The van der Waals surface area contributed by atoms with E-state index in [2.05, 4.69) is 24.6 Å². The third-order valence-electron chi connectivity index (χ3n) is 1.48. The zero-order chi connectivity index (χ0) is 10.3. The van der Waals surface area contributed by atoms with Crippen molar-refractivity contribution in [3.8, 4) is 11.7 Å². The van der Waals surface area contributed by atoms with Crippen LogP contribution in [0, 0.1) is 0 Å². The van der Waals surface area contributed by atoms with E-state index < -0.39 is 0 Å². The summed E-state index contributed by atoms with van der Waals surface area (Å²) >= 11 is 0. The van der Waals surface area contributed by atoms with Gasteiger partial charge in [0.15, 0.2) is 5.82 Å². The van der Waals surface area contributed by atoms with Gasteiger partial charge in [0.1, 0.15) is 12.5 Å². The molecule has 0 bridgehead atoms. The molecule has 0 atom stereocenters. The van der Waals surface area contributed by atoms with Crippen LogP contribution in [0.5, 0.6) is 0 Å². The number of nitrogens with zero attached hydrogens (tertiary/aromatic N) is 3. The summed E-state index contributed by atoms with van der Waals surface area (Å²) in [5.41, 5.74) is 0. The normalized spacial score (nSPS) is 9.33. The first-order valence-corrected chi connectivity index (χ1v) is 4.20. The summed E-state index contributed by atoms with van der Waals surface area (Å²) in [5.74, 6) is 1.18. The number of hydrogen-bond donors (Lipinski definition) is 1.